The van der Waals surface area contributed by atoms with E-state index in [9.17, 15) is 9.59 Å². The summed E-state index contributed by atoms with van der Waals surface area (Å²) in [5.41, 5.74) is 0. The van der Waals surface area contributed by atoms with Crippen LogP contribution in [0.15, 0.2) is 17.5 Å². The molecule has 0 aromatic carbocycles. The van der Waals surface area contributed by atoms with Crippen molar-refractivity contribution in [2.75, 3.05) is 13.1 Å². The number of nitrogens with one attached hydrogen (secondary N) is 1. The highest BCUT2D eigenvalue weighted by Gasteiger charge is 2.25. The van der Waals surface area contributed by atoms with Crippen molar-refractivity contribution in [1.82, 2.24) is 10.2 Å². The lowest BCUT2D eigenvalue weighted by molar-refractivity contribution is -0.118. The van der Waals surface area contributed by atoms with Crippen LogP contribution in [0.4, 0.5) is 4.79 Å². The van der Waals surface area contributed by atoms with Crippen LogP contribution in [0.1, 0.15) is 4.88 Å². The Balaban J connectivity index is 1.87. The molecule has 0 atom stereocenters. The van der Waals surface area contributed by atoms with Gasteiger partial charge in [0.15, 0.2) is 0 Å². The Kier molecular flexibility index (Phi) is 2.49. The predicted octanol–water partition coefficient (Wildman–Crippen LogP) is 0.842. The van der Waals surface area contributed by atoms with E-state index in [0.717, 1.165) is 6.42 Å². The van der Waals surface area contributed by atoms with Crippen LogP contribution in [0.5, 0.6) is 0 Å². The number of rotatable bonds is 3. The molecule has 5 heteroatoms. The van der Waals surface area contributed by atoms with E-state index < -0.39 is 0 Å². The molecule has 4 nitrogen and oxygen atoms in total. The van der Waals surface area contributed by atoms with Gasteiger partial charge in [-0.25, -0.2) is 4.79 Å². The number of carbonyl (C=O) groups excluding carboxylic acids is 2. The first-order valence-electron chi connectivity index (χ1n) is 4.37. The average molecular weight is 210 g/mol. The van der Waals surface area contributed by atoms with Crippen molar-refractivity contribution in [2.45, 2.75) is 6.42 Å². The first kappa shape index (κ1) is 9.21. The van der Waals surface area contributed by atoms with Gasteiger partial charge in [0.05, 0.1) is 0 Å². The third-order valence-corrected chi connectivity index (χ3v) is 3.01. The number of hydrogen-bond acceptors (Lipinski definition) is 3. The zero-order valence-electron chi connectivity index (χ0n) is 7.53. The highest BCUT2D eigenvalue weighted by molar-refractivity contribution is 7.09. The summed E-state index contributed by atoms with van der Waals surface area (Å²) in [5.74, 6) is -0.207. The molecular formula is C9H10N2O2S. The lowest BCUT2D eigenvalue weighted by atomic mass is 10.3. The first-order valence-corrected chi connectivity index (χ1v) is 5.25. The van der Waals surface area contributed by atoms with Gasteiger partial charge in [-0.1, -0.05) is 6.07 Å². The first-order chi connectivity index (χ1) is 6.75. The molecule has 1 N–H and O–H groups in total. The standard InChI is InChI=1S/C9H10N2O2S/c12-8-6-11(9(13)10-8)4-3-7-2-1-5-14-7/h1-2,5H,3-4,6H2,(H,10,12,13). The van der Waals surface area contributed by atoms with E-state index in [-0.39, 0.29) is 18.5 Å². The SMILES string of the molecule is O=C1CN(CCc2cccs2)C(=O)N1. The number of carbonyl (C=O) groups is 2. The number of thiophene rings is 1. The van der Waals surface area contributed by atoms with E-state index in [1.165, 1.54) is 9.78 Å². The van der Waals surface area contributed by atoms with Crippen molar-refractivity contribution in [1.29, 1.82) is 0 Å². The Labute approximate surface area is 85.5 Å². The van der Waals surface area contributed by atoms with Crippen molar-refractivity contribution >= 4 is 23.3 Å². The summed E-state index contributed by atoms with van der Waals surface area (Å²) in [7, 11) is 0. The van der Waals surface area contributed by atoms with Gasteiger partial charge in [0.2, 0.25) is 5.91 Å². The van der Waals surface area contributed by atoms with Gasteiger partial charge in [-0.2, -0.15) is 0 Å². The molecule has 2 heterocycles. The molecule has 0 radical (unpaired) electrons. The van der Waals surface area contributed by atoms with Crippen molar-refractivity contribution in [2.24, 2.45) is 0 Å². The molecule has 1 aromatic heterocycles. The second kappa shape index (κ2) is 3.79. The van der Waals surface area contributed by atoms with Gasteiger partial charge in [-0.15, -0.1) is 11.3 Å². The van der Waals surface area contributed by atoms with Crippen molar-refractivity contribution in [3.05, 3.63) is 22.4 Å². The molecule has 0 spiro atoms. The smallest absolute Gasteiger partial charge is 0.315 e. The van der Waals surface area contributed by atoms with Gasteiger partial charge in [0, 0.05) is 11.4 Å². The van der Waals surface area contributed by atoms with Crippen molar-refractivity contribution < 1.29 is 9.59 Å². The number of amides is 3. The number of imide groups is 1. The van der Waals surface area contributed by atoms with Crippen LogP contribution < -0.4 is 5.32 Å². The maximum Gasteiger partial charge on any atom is 0.324 e. The fraction of sp³-hybridized carbons (Fsp3) is 0.333. The summed E-state index contributed by atoms with van der Waals surface area (Å²) in [6, 6.07) is 3.74. The van der Waals surface area contributed by atoms with Crippen LogP contribution in [-0.4, -0.2) is 29.9 Å². The van der Waals surface area contributed by atoms with Crippen molar-refractivity contribution in [3.8, 4) is 0 Å². The molecule has 1 fully saturated rings. The van der Waals surface area contributed by atoms with E-state index in [2.05, 4.69) is 5.32 Å². The summed E-state index contributed by atoms with van der Waals surface area (Å²) in [4.78, 5) is 24.8. The second-order valence-electron chi connectivity index (χ2n) is 3.10. The molecule has 1 aromatic rings. The van der Waals surface area contributed by atoms with Gasteiger partial charge in [0.25, 0.3) is 0 Å². The van der Waals surface area contributed by atoms with E-state index in [4.69, 9.17) is 0 Å². The summed E-state index contributed by atoms with van der Waals surface area (Å²) in [6.45, 7) is 0.808. The molecule has 1 aliphatic heterocycles. The van der Waals surface area contributed by atoms with Gasteiger partial charge < -0.3 is 4.90 Å². The highest BCUT2D eigenvalue weighted by Crippen LogP contribution is 2.10. The molecule has 1 aliphatic rings. The van der Waals surface area contributed by atoms with Gasteiger partial charge in [-0.05, 0) is 17.9 Å². The monoisotopic (exact) mass is 210 g/mol. The summed E-state index contributed by atoms with van der Waals surface area (Å²) < 4.78 is 0. The maximum atomic E-state index is 11.1. The highest BCUT2D eigenvalue weighted by atomic mass is 32.1. The van der Waals surface area contributed by atoms with Gasteiger partial charge >= 0.3 is 6.03 Å². The Morgan fingerprint density at radius 3 is 2.93 bits per heavy atom. The van der Waals surface area contributed by atoms with E-state index in [0.29, 0.717) is 6.54 Å². The summed E-state index contributed by atoms with van der Waals surface area (Å²) >= 11 is 1.67. The minimum Gasteiger partial charge on any atom is -0.315 e. The maximum absolute atomic E-state index is 11.1. The van der Waals surface area contributed by atoms with Crippen LogP contribution in [0.2, 0.25) is 0 Å². The Bertz CT molecular complexity index is 348. The minimum absolute atomic E-state index is 0.199. The summed E-state index contributed by atoms with van der Waals surface area (Å²) in [5, 5.41) is 4.25. The van der Waals surface area contributed by atoms with Crippen LogP contribution in [-0.2, 0) is 11.2 Å². The van der Waals surface area contributed by atoms with Crippen LogP contribution >= 0.6 is 11.3 Å². The molecule has 14 heavy (non-hydrogen) atoms. The average Bonchev–Trinajstić information content (AvgIpc) is 2.72. The Morgan fingerprint density at radius 2 is 2.36 bits per heavy atom. The molecule has 0 unspecified atom stereocenters. The van der Waals surface area contributed by atoms with Crippen LogP contribution in [0.3, 0.4) is 0 Å². The van der Waals surface area contributed by atoms with E-state index in [1.54, 1.807) is 11.3 Å². The predicted molar refractivity (Wildman–Crippen MR) is 53.1 cm³/mol. The molecule has 74 valence electrons. The molecule has 0 bridgehead atoms. The Morgan fingerprint density at radius 1 is 1.50 bits per heavy atom. The zero-order valence-corrected chi connectivity index (χ0v) is 8.34. The third-order valence-electron chi connectivity index (χ3n) is 2.08. The fourth-order valence-corrected chi connectivity index (χ4v) is 2.06. The molecule has 0 aliphatic carbocycles. The van der Waals surface area contributed by atoms with E-state index in [1.807, 2.05) is 17.5 Å². The lowest BCUT2D eigenvalue weighted by Gasteiger charge is -2.11. The second-order valence-corrected chi connectivity index (χ2v) is 4.14. The fourth-order valence-electron chi connectivity index (χ4n) is 1.36. The number of nitrogens with zero attached hydrogens (tertiary/aromatic N) is 1. The molecule has 1 saturated heterocycles. The van der Waals surface area contributed by atoms with Crippen LogP contribution in [0.25, 0.3) is 0 Å². The number of hydrogen-bond donors (Lipinski definition) is 1. The number of urea groups is 1. The molecular weight excluding hydrogens is 200 g/mol. The van der Waals surface area contributed by atoms with Gasteiger partial charge in [0.1, 0.15) is 6.54 Å². The molecule has 0 saturated carbocycles. The van der Waals surface area contributed by atoms with Gasteiger partial charge in [-0.3, -0.25) is 10.1 Å². The minimum atomic E-state index is -0.272. The normalized spacial score (nSPS) is 16.1. The van der Waals surface area contributed by atoms with Crippen molar-refractivity contribution in [3.63, 3.8) is 0 Å². The summed E-state index contributed by atoms with van der Waals surface area (Å²) in [6.07, 6.45) is 0.818. The van der Waals surface area contributed by atoms with Crippen LogP contribution in [0, 0.1) is 0 Å². The molecule has 2 rings (SSSR count). The quantitative estimate of drug-likeness (QED) is 0.752. The lowest BCUT2D eigenvalue weighted by Crippen LogP contribution is -2.29. The zero-order chi connectivity index (χ0) is 9.97. The topological polar surface area (TPSA) is 49.4 Å². The third kappa shape index (κ3) is 1.93. The molecule has 3 amide bonds. The Hall–Kier alpha value is -1.36. The largest absolute Gasteiger partial charge is 0.324 e. The van der Waals surface area contributed by atoms with E-state index >= 15 is 0 Å².